The summed E-state index contributed by atoms with van der Waals surface area (Å²) in [6, 6.07) is 0. The highest BCUT2D eigenvalue weighted by atomic mass is 16.5. The van der Waals surface area contributed by atoms with Crippen molar-refractivity contribution >= 4 is 5.91 Å². The van der Waals surface area contributed by atoms with Gasteiger partial charge in [0.2, 0.25) is 5.91 Å². The molecule has 2 heterocycles. The van der Waals surface area contributed by atoms with Crippen molar-refractivity contribution in [2.45, 2.75) is 25.3 Å². The summed E-state index contributed by atoms with van der Waals surface area (Å²) in [6.07, 6.45) is 2.00. The number of carbonyl (C=O) groups excluding carboxylic acids is 1. The average molecular weight is 241 g/mol. The number of hydrogen-bond acceptors (Lipinski definition) is 4. The second kappa shape index (κ2) is 5.33. The van der Waals surface area contributed by atoms with E-state index in [0.717, 1.165) is 45.6 Å². The zero-order valence-electron chi connectivity index (χ0n) is 10.6. The molecule has 2 atom stereocenters. The van der Waals surface area contributed by atoms with E-state index in [-0.39, 0.29) is 11.8 Å². The summed E-state index contributed by atoms with van der Waals surface area (Å²) in [5.74, 6) is 0.0213. The fraction of sp³-hybridized carbons (Fsp3) is 0.917. The third kappa shape index (κ3) is 2.46. The van der Waals surface area contributed by atoms with Crippen LogP contribution in [0.15, 0.2) is 0 Å². The van der Waals surface area contributed by atoms with Gasteiger partial charge in [-0.1, -0.05) is 0 Å². The van der Waals surface area contributed by atoms with Gasteiger partial charge in [-0.05, 0) is 26.3 Å². The van der Waals surface area contributed by atoms with Crippen LogP contribution in [0.2, 0.25) is 0 Å². The van der Waals surface area contributed by atoms with E-state index in [1.807, 2.05) is 6.92 Å². The SMILES string of the molecule is CC(C(N)=O)(C1CCOC1)N1CCCNCC1. The molecule has 2 aliphatic rings. The summed E-state index contributed by atoms with van der Waals surface area (Å²) in [5.41, 5.74) is 5.12. The molecule has 3 N–H and O–H groups in total. The van der Waals surface area contributed by atoms with Crippen LogP contribution in [0.3, 0.4) is 0 Å². The highest BCUT2D eigenvalue weighted by Gasteiger charge is 2.46. The lowest BCUT2D eigenvalue weighted by atomic mass is 9.82. The minimum Gasteiger partial charge on any atom is -0.381 e. The van der Waals surface area contributed by atoms with Crippen molar-refractivity contribution < 1.29 is 9.53 Å². The first-order chi connectivity index (χ1) is 8.15. The molecule has 98 valence electrons. The van der Waals surface area contributed by atoms with Gasteiger partial charge in [-0.25, -0.2) is 0 Å². The minimum atomic E-state index is -0.553. The van der Waals surface area contributed by atoms with Crippen molar-refractivity contribution in [1.82, 2.24) is 10.2 Å². The number of nitrogens with one attached hydrogen (secondary N) is 1. The number of primary amides is 1. The van der Waals surface area contributed by atoms with Crippen molar-refractivity contribution in [3.8, 4) is 0 Å². The lowest BCUT2D eigenvalue weighted by Gasteiger charge is -2.42. The Balaban J connectivity index is 2.16. The molecule has 0 spiro atoms. The lowest BCUT2D eigenvalue weighted by molar-refractivity contribution is -0.133. The molecule has 0 bridgehead atoms. The van der Waals surface area contributed by atoms with Gasteiger partial charge in [0.25, 0.3) is 0 Å². The Bertz CT molecular complexity index is 271. The zero-order chi connectivity index (χ0) is 12.3. The summed E-state index contributed by atoms with van der Waals surface area (Å²) < 4.78 is 5.43. The summed E-state index contributed by atoms with van der Waals surface area (Å²) in [6.45, 7) is 7.16. The first-order valence-electron chi connectivity index (χ1n) is 6.49. The largest absolute Gasteiger partial charge is 0.381 e. The Kier molecular flexibility index (Phi) is 4.01. The molecule has 0 aliphatic carbocycles. The molecule has 2 saturated heterocycles. The first-order valence-corrected chi connectivity index (χ1v) is 6.49. The van der Waals surface area contributed by atoms with Crippen molar-refractivity contribution in [2.75, 3.05) is 39.4 Å². The van der Waals surface area contributed by atoms with Gasteiger partial charge in [-0.15, -0.1) is 0 Å². The molecule has 0 radical (unpaired) electrons. The molecule has 1 amide bonds. The zero-order valence-corrected chi connectivity index (χ0v) is 10.6. The molecule has 2 aliphatic heterocycles. The van der Waals surface area contributed by atoms with Crippen LogP contribution in [-0.4, -0.2) is 55.7 Å². The number of carbonyl (C=O) groups is 1. The molecular weight excluding hydrogens is 218 g/mol. The number of nitrogens with zero attached hydrogens (tertiary/aromatic N) is 1. The van der Waals surface area contributed by atoms with Crippen molar-refractivity contribution in [2.24, 2.45) is 11.7 Å². The van der Waals surface area contributed by atoms with E-state index >= 15 is 0 Å². The van der Waals surface area contributed by atoms with Crippen LogP contribution in [0, 0.1) is 5.92 Å². The lowest BCUT2D eigenvalue weighted by Crippen LogP contribution is -2.61. The minimum absolute atomic E-state index is 0.213. The van der Waals surface area contributed by atoms with Gasteiger partial charge in [-0.2, -0.15) is 0 Å². The Morgan fingerprint density at radius 2 is 2.29 bits per heavy atom. The molecule has 2 rings (SSSR count). The molecule has 0 aromatic heterocycles. The summed E-state index contributed by atoms with van der Waals surface area (Å²) in [4.78, 5) is 14.2. The van der Waals surface area contributed by atoms with Gasteiger partial charge in [0.05, 0.1) is 6.61 Å². The maximum Gasteiger partial charge on any atom is 0.238 e. The monoisotopic (exact) mass is 241 g/mol. The van der Waals surface area contributed by atoms with E-state index in [9.17, 15) is 4.79 Å². The van der Waals surface area contributed by atoms with E-state index in [0.29, 0.717) is 6.61 Å². The van der Waals surface area contributed by atoms with Gasteiger partial charge in [0, 0.05) is 32.2 Å². The van der Waals surface area contributed by atoms with Crippen molar-refractivity contribution in [3.63, 3.8) is 0 Å². The maximum atomic E-state index is 11.9. The van der Waals surface area contributed by atoms with E-state index < -0.39 is 5.54 Å². The summed E-state index contributed by atoms with van der Waals surface area (Å²) in [7, 11) is 0. The number of hydrogen-bond donors (Lipinski definition) is 2. The molecule has 17 heavy (non-hydrogen) atoms. The van der Waals surface area contributed by atoms with E-state index in [2.05, 4.69) is 10.2 Å². The van der Waals surface area contributed by atoms with E-state index in [1.54, 1.807) is 0 Å². The fourth-order valence-electron chi connectivity index (χ4n) is 2.90. The van der Waals surface area contributed by atoms with E-state index in [4.69, 9.17) is 10.5 Å². The Hall–Kier alpha value is -0.650. The highest BCUT2D eigenvalue weighted by Crippen LogP contribution is 2.31. The highest BCUT2D eigenvalue weighted by molar-refractivity contribution is 5.84. The van der Waals surface area contributed by atoms with Gasteiger partial charge in [0.15, 0.2) is 0 Å². The molecule has 0 saturated carbocycles. The number of nitrogens with two attached hydrogens (primary N) is 1. The maximum absolute atomic E-state index is 11.9. The molecule has 5 nitrogen and oxygen atoms in total. The predicted octanol–water partition coefficient (Wildman–Crippen LogP) is -0.438. The van der Waals surface area contributed by atoms with Gasteiger partial charge >= 0.3 is 0 Å². The quantitative estimate of drug-likeness (QED) is 0.703. The Labute approximate surface area is 103 Å². The molecule has 5 heteroatoms. The second-order valence-electron chi connectivity index (χ2n) is 5.16. The normalized spacial score (nSPS) is 30.8. The number of ether oxygens (including phenoxy) is 1. The Morgan fingerprint density at radius 3 is 2.94 bits per heavy atom. The second-order valence-corrected chi connectivity index (χ2v) is 5.16. The Morgan fingerprint density at radius 1 is 1.47 bits per heavy atom. The van der Waals surface area contributed by atoms with Gasteiger partial charge in [0.1, 0.15) is 5.54 Å². The number of rotatable bonds is 3. The number of amides is 1. The van der Waals surface area contributed by atoms with Gasteiger partial charge in [-0.3, -0.25) is 9.69 Å². The van der Waals surface area contributed by atoms with Crippen LogP contribution < -0.4 is 11.1 Å². The molecule has 2 fully saturated rings. The van der Waals surface area contributed by atoms with Crippen LogP contribution in [0.1, 0.15) is 19.8 Å². The van der Waals surface area contributed by atoms with E-state index in [1.165, 1.54) is 0 Å². The summed E-state index contributed by atoms with van der Waals surface area (Å²) >= 11 is 0. The van der Waals surface area contributed by atoms with Crippen LogP contribution in [0.5, 0.6) is 0 Å². The third-order valence-corrected chi connectivity index (χ3v) is 4.22. The molecule has 0 aromatic carbocycles. The molecule has 0 aromatic rings. The van der Waals surface area contributed by atoms with Crippen molar-refractivity contribution in [1.29, 1.82) is 0 Å². The first kappa shape index (κ1) is 12.8. The predicted molar refractivity (Wildman–Crippen MR) is 65.6 cm³/mol. The smallest absolute Gasteiger partial charge is 0.238 e. The fourth-order valence-corrected chi connectivity index (χ4v) is 2.90. The molecular formula is C12H23N3O2. The van der Waals surface area contributed by atoms with Crippen LogP contribution >= 0.6 is 0 Å². The van der Waals surface area contributed by atoms with Gasteiger partial charge < -0.3 is 15.8 Å². The topological polar surface area (TPSA) is 67.6 Å². The third-order valence-electron chi connectivity index (χ3n) is 4.22. The van der Waals surface area contributed by atoms with Crippen molar-refractivity contribution in [3.05, 3.63) is 0 Å². The van der Waals surface area contributed by atoms with Crippen LogP contribution in [-0.2, 0) is 9.53 Å². The molecule has 2 unspecified atom stereocenters. The van der Waals surface area contributed by atoms with Crippen LogP contribution in [0.4, 0.5) is 0 Å². The summed E-state index contributed by atoms with van der Waals surface area (Å²) in [5, 5.41) is 3.35. The van der Waals surface area contributed by atoms with Crippen LogP contribution in [0.25, 0.3) is 0 Å². The average Bonchev–Trinajstić information content (AvgIpc) is 2.70. The standard InChI is InChI=1S/C12H23N3O2/c1-12(11(13)16,10-3-8-17-9-10)15-6-2-4-14-5-7-15/h10,14H,2-9H2,1H3,(H2,13,16).